The zero-order valence-corrected chi connectivity index (χ0v) is 12.7. The number of nitrogens with zero attached hydrogens (tertiary/aromatic N) is 4. The van der Waals surface area contributed by atoms with Gasteiger partial charge in [-0.3, -0.25) is 9.36 Å². The summed E-state index contributed by atoms with van der Waals surface area (Å²) in [6.07, 6.45) is 6.03. The number of nitrogens with one attached hydrogen (secondary N) is 1. The van der Waals surface area contributed by atoms with Gasteiger partial charge in [0.1, 0.15) is 0 Å². The van der Waals surface area contributed by atoms with Gasteiger partial charge in [0.15, 0.2) is 0 Å². The molecule has 0 aromatic carbocycles. The lowest BCUT2D eigenvalue weighted by atomic mass is 10.3. The van der Waals surface area contributed by atoms with Crippen molar-refractivity contribution in [1.29, 1.82) is 0 Å². The van der Waals surface area contributed by atoms with Crippen molar-refractivity contribution in [2.75, 3.05) is 5.32 Å². The maximum atomic E-state index is 4.41. The smallest absolute Gasteiger partial charge is 0.0825 e. The zero-order valence-electron chi connectivity index (χ0n) is 11.9. The molecule has 0 aliphatic heterocycles. The van der Waals surface area contributed by atoms with Gasteiger partial charge < -0.3 is 5.32 Å². The first kappa shape index (κ1) is 15.6. The van der Waals surface area contributed by atoms with Crippen molar-refractivity contribution in [3.8, 4) is 0 Å². The maximum Gasteiger partial charge on any atom is 0.0825 e. The normalized spacial score (nSPS) is 10.6. The van der Waals surface area contributed by atoms with Crippen molar-refractivity contribution in [2.45, 2.75) is 46.8 Å². The van der Waals surface area contributed by atoms with Gasteiger partial charge in [0.25, 0.3) is 0 Å². The second-order valence-electron chi connectivity index (χ2n) is 4.76. The molecule has 106 valence electrons. The molecule has 6 heteroatoms. The van der Waals surface area contributed by atoms with Gasteiger partial charge in [-0.25, -0.2) is 0 Å². The summed E-state index contributed by atoms with van der Waals surface area (Å²) >= 11 is 0. The Labute approximate surface area is 120 Å². The number of hydrogen-bond donors (Lipinski definition) is 1. The van der Waals surface area contributed by atoms with Crippen LogP contribution in [0.1, 0.15) is 38.1 Å². The topological polar surface area (TPSA) is 47.7 Å². The van der Waals surface area contributed by atoms with Crippen LogP contribution in [0.15, 0.2) is 18.6 Å². The van der Waals surface area contributed by atoms with Crippen molar-refractivity contribution in [2.24, 2.45) is 0 Å². The highest BCUT2D eigenvalue weighted by molar-refractivity contribution is 5.85. The van der Waals surface area contributed by atoms with Gasteiger partial charge in [-0.05, 0) is 27.7 Å². The van der Waals surface area contributed by atoms with Crippen molar-refractivity contribution in [3.63, 3.8) is 0 Å². The first-order chi connectivity index (χ1) is 8.60. The molecule has 0 amide bonds. The molecule has 2 heterocycles. The second kappa shape index (κ2) is 6.61. The van der Waals surface area contributed by atoms with E-state index in [0.29, 0.717) is 6.04 Å². The van der Waals surface area contributed by atoms with Crippen molar-refractivity contribution < 1.29 is 0 Å². The van der Waals surface area contributed by atoms with E-state index in [1.54, 1.807) is 0 Å². The van der Waals surface area contributed by atoms with Crippen LogP contribution in [0.3, 0.4) is 0 Å². The Morgan fingerprint density at radius 2 is 2.05 bits per heavy atom. The third-order valence-electron chi connectivity index (χ3n) is 2.94. The summed E-state index contributed by atoms with van der Waals surface area (Å²) in [5.74, 6) is 0. The van der Waals surface area contributed by atoms with Crippen LogP contribution in [0.4, 0.5) is 5.69 Å². The van der Waals surface area contributed by atoms with Crippen molar-refractivity contribution in [1.82, 2.24) is 19.6 Å². The van der Waals surface area contributed by atoms with E-state index in [1.165, 1.54) is 5.56 Å². The maximum absolute atomic E-state index is 4.41. The van der Waals surface area contributed by atoms with Crippen LogP contribution >= 0.6 is 12.4 Å². The molecule has 19 heavy (non-hydrogen) atoms. The average molecular weight is 284 g/mol. The molecule has 2 aromatic rings. The first-order valence-electron chi connectivity index (χ1n) is 6.41. The van der Waals surface area contributed by atoms with Gasteiger partial charge in [0, 0.05) is 37.1 Å². The Morgan fingerprint density at radius 1 is 1.32 bits per heavy atom. The van der Waals surface area contributed by atoms with Crippen molar-refractivity contribution in [3.05, 3.63) is 29.8 Å². The lowest BCUT2D eigenvalue weighted by molar-refractivity contribution is 0.532. The number of aromatic nitrogens is 4. The van der Waals surface area contributed by atoms with Gasteiger partial charge in [0.2, 0.25) is 0 Å². The van der Waals surface area contributed by atoms with Crippen LogP contribution < -0.4 is 5.32 Å². The Balaban J connectivity index is 0.00000180. The van der Waals surface area contributed by atoms with E-state index in [1.807, 2.05) is 28.7 Å². The highest BCUT2D eigenvalue weighted by Gasteiger charge is 2.05. The summed E-state index contributed by atoms with van der Waals surface area (Å²) in [5, 5.41) is 12.1. The van der Waals surface area contributed by atoms with E-state index >= 15 is 0 Å². The number of hydrogen-bond acceptors (Lipinski definition) is 3. The third kappa shape index (κ3) is 3.73. The van der Waals surface area contributed by atoms with E-state index in [9.17, 15) is 0 Å². The van der Waals surface area contributed by atoms with Crippen LogP contribution in [-0.4, -0.2) is 19.6 Å². The molecule has 0 bridgehead atoms. The highest BCUT2D eigenvalue weighted by atomic mass is 35.5. The number of anilines is 1. The molecule has 0 aliphatic carbocycles. The third-order valence-corrected chi connectivity index (χ3v) is 2.94. The lowest BCUT2D eigenvalue weighted by Gasteiger charge is -2.04. The molecule has 0 atom stereocenters. The van der Waals surface area contributed by atoms with Gasteiger partial charge in [0.05, 0.1) is 17.6 Å². The fraction of sp³-hybridized carbons (Fsp3) is 0.538. The lowest BCUT2D eigenvalue weighted by Crippen LogP contribution is -2.01. The number of aryl methyl sites for hydroxylation is 2. The van der Waals surface area contributed by atoms with Gasteiger partial charge in [-0.15, -0.1) is 12.4 Å². The Hall–Kier alpha value is -1.49. The summed E-state index contributed by atoms with van der Waals surface area (Å²) in [5.41, 5.74) is 3.31. The molecule has 1 N–H and O–H groups in total. The zero-order chi connectivity index (χ0) is 13.1. The summed E-state index contributed by atoms with van der Waals surface area (Å²) in [7, 11) is 0. The molecular formula is C13H22ClN5. The fourth-order valence-corrected chi connectivity index (χ4v) is 1.80. The van der Waals surface area contributed by atoms with E-state index in [0.717, 1.165) is 24.5 Å². The monoisotopic (exact) mass is 283 g/mol. The van der Waals surface area contributed by atoms with Crippen LogP contribution in [0.2, 0.25) is 0 Å². The summed E-state index contributed by atoms with van der Waals surface area (Å²) in [4.78, 5) is 0. The summed E-state index contributed by atoms with van der Waals surface area (Å²) in [6, 6.07) is 0.406. The van der Waals surface area contributed by atoms with Crippen LogP contribution in [-0.2, 0) is 13.1 Å². The van der Waals surface area contributed by atoms with Crippen LogP contribution in [0.25, 0.3) is 0 Å². The number of rotatable bonds is 5. The first-order valence-corrected chi connectivity index (χ1v) is 6.41. The molecule has 5 nitrogen and oxygen atoms in total. The standard InChI is InChI=1S/C13H21N5.ClH/c1-5-17-9-13(11(4)16-17)14-6-12-7-15-18(8-12)10(2)3;/h7-10,14H,5-6H2,1-4H3;1H. The Morgan fingerprint density at radius 3 is 2.58 bits per heavy atom. The summed E-state index contributed by atoms with van der Waals surface area (Å²) < 4.78 is 3.91. The predicted molar refractivity (Wildman–Crippen MR) is 79.8 cm³/mol. The Kier molecular flexibility index (Phi) is 5.42. The fourth-order valence-electron chi connectivity index (χ4n) is 1.80. The molecule has 2 aromatic heterocycles. The molecule has 0 saturated heterocycles. The van der Waals surface area contributed by atoms with Gasteiger partial charge in [-0.2, -0.15) is 10.2 Å². The molecule has 0 aliphatic rings. The average Bonchev–Trinajstić information content (AvgIpc) is 2.93. The molecule has 0 unspecified atom stereocenters. The second-order valence-corrected chi connectivity index (χ2v) is 4.76. The minimum atomic E-state index is 0. The SMILES string of the molecule is CCn1cc(NCc2cnn(C(C)C)c2)c(C)n1.Cl. The quantitative estimate of drug-likeness (QED) is 0.917. The van der Waals surface area contributed by atoms with E-state index in [2.05, 4.69) is 42.5 Å². The van der Waals surface area contributed by atoms with Crippen LogP contribution in [0.5, 0.6) is 0 Å². The summed E-state index contributed by atoms with van der Waals surface area (Å²) in [6.45, 7) is 10.0. The van der Waals surface area contributed by atoms with Gasteiger partial charge >= 0.3 is 0 Å². The number of halogens is 1. The molecule has 0 radical (unpaired) electrons. The molecular weight excluding hydrogens is 262 g/mol. The Bertz CT molecular complexity index is 515. The molecule has 2 rings (SSSR count). The van der Waals surface area contributed by atoms with Gasteiger partial charge in [-0.1, -0.05) is 0 Å². The molecule has 0 spiro atoms. The largest absolute Gasteiger partial charge is 0.378 e. The minimum Gasteiger partial charge on any atom is -0.378 e. The van der Waals surface area contributed by atoms with Crippen LogP contribution in [0, 0.1) is 6.92 Å². The minimum absolute atomic E-state index is 0. The van der Waals surface area contributed by atoms with Crippen molar-refractivity contribution >= 4 is 18.1 Å². The molecule has 0 fully saturated rings. The highest BCUT2D eigenvalue weighted by Crippen LogP contribution is 2.14. The van der Waals surface area contributed by atoms with E-state index in [-0.39, 0.29) is 12.4 Å². The van der Waals surface area contributed by atoms with E-state index < -0.39 is 0 Å². The predicted octanol–water partition coefficient (Wildman–Crippen LogP) is 3.02. The van der Waals surface area contributed by atoms with E-state index in [4.69, 9.17) is 0 Å². The molecule has 0 saturated carbocycles.